The summed E-state index contributed by atoms with van der Waals surface area (Å²) in [5.74, 6) is 0.448. The second kappa shape index (κ2) is 6.95. The van der Waals surface area contributed by atoms with Crippen molar-refractivity contribution < 1.29 is 18.7 Å². The number of nitrogens with one attached hydrogen (secondary N) is 1. The van der Waals surface area contributed by atoms with E-state index in [4.69, 9.17) is 13.9 Å². The topological polar surface area (TPSA) is 60.7 Å². The number of amides is 1. The Labute approximate surface area is 131 Å². The van der Waals surface area contributed by atoms with Crippen LogP contribution < -0.4 is 10.1 Å². The molecule has 0 fully saturated rings. The average Bonchev–Trinajstić information content (AvgIpc) is 2.79. The Morgan fingerprint density at radius 3 is 2.81 bits per heavy atom. The zero-order valence-corrected chi connectivity index (χ0v) is 13.8. The number of rotatable bonds is 6. The van der Waals surface area contributed by atoms with Gasteiger partial charge in [0.25, 0.3) is 5.91 Å². The average molecular weight is 356 g/mol. The minimum atomic E-state index is -0.185. The zero-order chi connectivity index (χ0) is 15.4. The number of methoxy groups -OCH3 is 1. The van der Waals surface area contributed by atoms with Crippen LogP contribution in [0.3, 0.4) is 0 Å². The zero-order valence-electron chi connectivity index (χ0n) is 12.2. The van der Waals surface area contributed by atoms with Crippen molar-refractivity contribution >= 4 is 32.8 Å². The molecule has 0 saturated carbocycles. The molecule has 1 amide bonds. The maximum absolute atomic E-state index is 12.1. The van der Waals surface area contributed by atoms with Crippen LogP contribution in [0.5, 0.6) is 5.75 Å². The van der Waals surface area contributed by atoms with Crippen molar-refractivity contribution in [2.75, 3.05) is 20.3 Å². The summed E-state index contributed by atoms with van der Waals surface area (Å²) in [6, 6.07) is 5.27. The molecule has 6 heteroatoms. The molecule has 0 spiro atoms. The first-order chi connectivity index (χ1) is 10.0. The molecule has 2 aromatic rings. The molecule has 5 nitrogen and oxygen atoms in total. The third-order valence-corrected chi connectivity index (χ3v) is 3.18. The highest BCUT2D eigenvalue weighted by atomic mass is 79.9. The minimum Gasteiger partial charge on any atom is -0.490 e. The van der Waals surface area contributed by atoms with Gasteiger partial charge in [-0.1, -0.05) is 0 Å². The molecular weight excluding hydrogens is 338 g/mol. The van der Waals surface area contributed by atoms with Gasteiger partial charge in [-0.25, -0.2) is 0 Å². The van der Waals surface area contributed by atoms with Crippen LogP contribution in [0.25, 0.3) is 11.0 Å². The van der Waals surface area contributed by atoms with E-state index in [1.807, 2.05) is 19.9 Å². The molecule has 1 heterocycles. The number of hydrogen-bond acceptors (Lipinski definition) is 4. The number of fused-ring (bicyclic) bond motifs is 1. The van der Waals surface area contributed by atoms with Crippen LogP contribution in [-0.4, -0.2) is 32.3 Å². The van der Waals surface area contributed by atoms with Crippen molar-refractivity contribution in [2.24, 2.45) is 0 Å². The normalized spacial score (nSPS) is 11.1. The number of benzene rings is 1. The summed E-state index contributed by atoms with van der Waals surface area (Å²) in [5.41, 5.74) is 1.10. The SMILES string of the molecule is COCCNC(=O)c1cc(OC(C)C)c2cc(Br)oc2c1. The number of halogens is 1. The largest absolute Gasteiger partial charge is 0.490 e. The fraction of sp³-hybridized carbons (Fsp3) is 0.400. The van der Waals surface area contributed by atoms with Gasteiger partial charge in [0.2, 0.25) is 0 Å². The predicted octanol–water partition coefficient (Wildman–Crippen LogP) is 3.36. The first-order valence-electron chi connectivity index (χ1n) is 6.68. The van der Waals surface area contributed by atoms with Crippen LogP contribution in [-0.2, 0) is 4.74 Å². The van der Waals surface area contributed by atoms with E-state index < -0.39 is 0 Å². The molecule has 21 heavy (non-hydrogen) atoms. The summed E-state index contributed by atoms with van der Waals surface area (Å²) in [4.78, 5) is 12.1. The van der Waals surface area contributed by atoms with Crippen LogP contribution in [0.2, 0.25) is 0 Å². The van der Waals surface area contributed by atoms with Crippen molar-refractivity contribution in [1.29, 1.82) is 0 Å². The minimum absolute atomic E-state index is 0.00804. The van der Waals surface area contributed by atoms with Gasteiger partial charge in [0, 0.05) is 25.3 Å². The van der Waals surface area contributed by atoms with Crippen LogP contribution in [0.1, 0.15) is 24.2 Å². The molecule has 2 rings (SSSR count). The van der Waals surface area contributed by atoms with E-state index in [-0.39, 0.29) is 12.0 Å². The Bertz CT molecular complexity index is 636. The molecule has 0 radical (unpaired) electrons. The molecule has 1 aromatic carbocycles. The van der Waals surface area contributed by atoms with Gasteiger partial charge in [-0.05, 0) is 41.9 Å². The molecule has 0 aliphatic heterocycles. The van der Waals surface area contributed by atoms with Gasteiger partial charge in [0.15, 0.2) is 4.67 Å². The van der Waals surface area contributed by atoms with Crippen LogP contribution in [0.15, 0.2) is 27.3 Å². The number of carbonyl (C=O) groups excluding carboxylic acids is 1. The second-order valence-electron chi connectivity index (χ2n) is 4.85. The lowest BCUT2D eigenvalue weighted by Gasteiger charge is -2.12. The van der Waals surface area contributed by atoms with Crippen molar-refractivity contribution in [3.8, 4) is 5.75 Å². The Kier molecular flexibility index (Phi) is 5.25. The predicted molar refractivity (Wildman–Crippen MR) is 83.9 cm³/mol. The number of carbonyl (C=O) groups is 1. The molecule has 1 aromatic heterocycles. The third kappa shape index (κ3) is 3.98. The highest BCUT2D eigenvalue weighted by Gasteiger charge is 2.15. The number of ether oxygens (including phenoxy) is 2. The standard InChI is InChI=1S/C15H18BrNO4/c1-9(2)20-12-6-10(15(18)17-4-5-19-3)7-13-11(12)8-14(16)21-13/h6-9H,4-5H2,1-3H3,(H,17,18). The van der Waals surface area contributed by atoms with Gasteiger partial charge in [-0.2, -0.15) is 0 Å². The maximum Gasteiger partial charge on any atom is 0.251 e. The van der Waals surface area contributed by atoms with Gasteiger partial charge >= 0.3 is 0 Å². The monoisotopic (exact) mass is 355 g/mol. The Morgan fingerprint density at radius 2 is 2.14 bits per heavy atom. The van der Waals surface area contributed by atoms with Gasteiger partial charge in [0.1, 0.15) is 11.3 Å². The van der Waals surface area contributed by atoms with E-state index >= 15 is 0 Å². The molecule has 1 N–H and O–H groups in total. The van der Waals surface area contributed by atoms with E-state index in [2.05, 4.69) is 21.2 Å². The smallest absolute Gasteiger partial charge is 0.251 e. The Balaban J connectivity index is 2.33. The van der Waals surface area contributed by atoms with Gasteiger partial charge < -0.3 is 19.2 Å². The Morgan fingerprint density at radius 1 is 1.38 bits per heavy atom. The summed E-state index contributed by atoms with van der Waals surface area (Å²) in [6.45, 7) is 4.80. The first-order valence-corrected chi connectivity index (χ1v) is 7.47. The van der Waals surface area contributed by atoms with Crippen molar-refractivity contribution in [3.63, 3.8) is 0 Å². The van der Waals surface area contributed by atoms with Gasteiger partial charge in [-0.3, -0.25) is 4.79 Å². The molecule has 0 unspecified atom stereocenters. The van der Waals surface area contributed by atoms with E-state index in [1.165, 1.54) is 0 Å². The van der Waals surface area contributed by atoms with E-state index in [0.717, 1.165) is 5.39 Å². The second-order valence-corrected chi connectivity index (χ2v) is 5.63. The van der Waals surface area contributed by atoms with Crippen LogP contribution >= 0.6 is 15.9 Å². The highest BCUT2D eigenvalue weighted by Crippen LogP contribution is 2.33. The highest BCUT2D eigenvalue weighted by molar-refractivity contribution is 9.10. The fourth-order valence-corrected chi connectivity index (χ4v) is 2.33. The summed E-state index contributed by atoms with van der Waals surface area (Å²) in [5, 5.41) is 3.62. The van der Waals surface area contributed by atoms with Crippen LogP contribution in [0, 0.1) is 0 Å². The number of hydrogen-bond donors (Lipinski definition) is 1. The first kappa shape index (κ1) is 15.9. The molecule has 0 bridgehead atoms. The summed E-state index contributed by atoms with van der Waals surface area (Å²) >= 11 is 3.30. The molecule has 114 valence electrons. The molecule has 0 saturated heterocycles. The van der Waals surface area contributed by atoms with Gasteiger partial charge in [-0.15, -0.1) is 0 Å². The van der Waals surface area contributed by atoms with E-state index in [0.29, 0.717) is 34.7 Å². The Hall–Kier alpha value is -1.53. The molecule has 0 aliphatic rings. The number of furan rings is 1. The van der Waals surface area contributed by atoms with E-state index in [1.54, 1.807) is 19.2 Å². The molecule has 0 atom stereocenters. The fourth-order valence-electron chi connectivity index (χ4n) is 1.93. The summed E-state index contributed by atoms with van der Waals surface area (Å²) < 4.78 is 16.8. The van der Waals surface area contributed by atoms with E-state index in [9.17, 15) is 4.79 Å². The third-order valence-electron chi connectivity index (χ3n) is 2.79. The van der Waals surface area contributed by atoms with Crippen molar-refractivity contribution in [1.82, 2.24) is 5.32 Å². The lowest BCUT2D eigenvalue weighted by atomic mass is 10.1. The quantitative estimate of drug-likeness (QED) is 0.807. The summed E-state index contributed by atoms with van der Waals surface area (Å²) in [6.07, 6.45) is 0.00804. The lowest BCUT2D eigenvalue weighted by molar-refractivity contribution is 0.0936. The molecule has 0 aliphatic carbocycles. The molecular formula is C15H18BrNO4. The van der Waals surface area contributed by atoms with Gasteiger partial charge in [0.05, 0.1) is 18.1 Å². The maximum atomic E-state index is 12.1. The van der Waals surface area contributed by atoms with Crippen LogP contribution in [0.4, 0.5) is 0 Å². The van der Waals surface area contributed by atoms with Crippen molar-refractivity contribution in [2.45, 2.75) is 20.0 Å². The van der Waals surface area contributed by atoms with Crippen molar-refractivity contribution in [3.05, 3.63) is 28.4 Å². The lowest BCUT2D eigenvalue weighted by Crippen LogP contribution is -2.27. The summed E-state index contributed by atoms with van der Waals surface area (Å²) in [7, 11) is 1.59.